The van der Waals surface area contributed by atoms with Gasteiger partial charge in [-0.05, 0) is 53.2 Å². The van der Waals surface area contributed by atoms with E-state index in [0.717, 1.165) is 26.5 Å². The van der Waals surface area contributed by atoms with Gasteiger partial charge in [-0.2, -0.15) is 0 Å². The molecule has 1 aromatic heterocycles. The molecule has 0 atom stereocenters. The van der Waals surface area contributed by atoms with Crippen LogP contribution in [0, 0.1) is 0 Å². The highest BCUT2D eigenvalue weighted by molar-refractivity contribution is 9.10. The highest BCUT2D eigenvalue weighted by atomic mass is 79.9. The first-order chi connectivity index (χ1) is 12.6. The summed E-state index contributed by atoms with van der Waals surface area (Å²) in [4.78, 5) is 4.85. The van der Waals surface area contributed by atoms with Gasteiger partial charge in [0.2, 0.25) is 9.84 Å². The normalized spacial score (nSPS) is 11.6. The standard InChI is InChI=1S/C21H14BrNO2S/c22-20-11-10-18(14-19(20)21-7-3-4-12-23-21)26(24,25)17-9-8-15-5-1-2-6-16(15)13-17/h1-14H. The van der Waals surface area contributed by atoms with Gasteiger partial charge in [-0.15, -0.1) is 0 Å². The van der Waals surface area contributed by atoms with Crippen molar-refractivity contribution in [3.05, 3.63) is 89.5 Å². The first-order valence-corrected chi connectivity index (χ1v) is 10.3. The Morgan fingerprint density at radius 1 is 0.731 bits per heavy atom. The van der Waals surface area contributed by atoms with Gasteiger partial charge >= 0.3 is 0 Å². The number of hydrogen-bond donors (Lipinski definition) is 0. The van der Waals surface area contributed by atoms with Gasteiger partial charge in [0.25, 0.3) is 0 Å². The molecule has 4 rings (SSSR count). The van der Waals surface area contributed by atoms with Gasteiger partial charge in [0.15, 0.2) is 0 Å². The molecule has 3 aromatic carbocycles. The third kappa shape index (κ3) is 3.04. The molecule has 128 valence electrons. The molecule has 0 spiro atoms. The summed E-state index contributed by atoms with van der Waals surface area (Å²) < 4.78 is 27.1. The number of sulfone groups is 1. The minimum atomic E-state index is -3.63. The SMILES string of the molecule is O=S(=O)(c1ccc(Br)c(-c2ccccn2)c1)c1ccc2ccccc2c1. The van der Waals surface area contributed by atoms with Crippen molar-refractivity contribution < 1.29 is 8.42 Å². The molecule has 0 amide bonds. The molecule has 0 saturated carbocycles. The number of pyridine rings is 1. The number of fused-ring (bicyclic) bond motifs is 1. The van der Waals surface area contributed by atoms with Crippen LogP contribution < -0.4 is 0 Å². The highest BCUT2D eigenvalue weighted by Gasteiger charge is 2.20. The summed E-state index contributed by atoms with van der Waals surface area (Å²) in [6, 6.07) is 23.5. The monoisotopic (exact) mass is 423 g/mol. The molecule has 0 radical (unpaired) electrons. The molecule has 0 unspecified atom stereocenters. The van der Waals surface area contributed by atoms with Crippen LogP contribution in [0.4, 0.5) is 0 Å². The van der Waals surface area contributed by atoms with Crippen molar-refractivity contribution in [1.29, 1.82) is 0 Å². The summed E-state index contributed by atoms with van der Waals surface area (Å²) in [6.45, 7) is 0. The van der Waals surface area contributed by atoms with Gasteiger partial charge in [-0.3, -0.25) is 4.98 Å². The lowest BCUT2D eigenvalue weighted by molar-refractivity contribution is 0.596. The molecule has 0 saturated heterocycles. The fourth-order valence-electron chi connectivity index (χ4n) is 2.86. The second kappa shape index (κ2) is 6.67. The van der Waals surface area contributed by atoms with Crippen molar-refractivity contribution in [2.24, 2.45) is 0 Å². The van der Waals surface area contributed by atoms with E-state index >= 15 is 0 Å². The minimum Gasteiger partial charge on any atom is -0.256 e. The van der Waals surface area contributed by atoms with Gasteiger partial charge in [0, 0.05) is 16.2 Å². The zero-order valence-corrected chi connectivity index (χ0v) is 16.0. The molecule has 4 aromatic rings. The number of rotatable bonds is 3. The predicted molar refractivity (Wildman–Crippen MR) is 107 cm³/mol. The molecule has 26 heavy (non-hydrogen) atoms. The van der Waals surface area contributed by atoms with Crippen LogP contribution in [-0.2, 0) is 9.84 Å². The summed E-state index contributed by atoms with van der Waals surface area (Å²) in [5, 5.41) is 1.91. The Morgan fingerprint density at radius 2 is 1.42 bits per heavy atom. The van der Waals surface area contributed by atoms with E-state index in [1.54, 1.807) is 36.5 Å². The van der Waals surface area contributed by atoms with Gasteiger partial charge in [-0.1, -0.05) is 52.3 Å². The molecule has 0 N–H and O–H groups in total. The summed E-state index contributed by atoms with van der Waals surface area (Å²) in [5.74, 6) is 0. The van der Waals surface area contributed by atoms with Crippen molar-refractivity contribution in [2.75, 3.05) is 0 Å². The van der Waals surface area contributed by atoms with E-state index in [0.29, 0.717) is 0 Å². The van der Waals surface area contributed by atoms with Crippen LogP contribution in [0.3, 0.4) is 0 Å². The summed E-state index contributed by atoms with van der Waals surface area (Å²) >= 11 is 3.49. The lowest BCUT2D eigenvalue weighted by Gasteiger charge is -2.10. The molecule has 3 nitrogen and oxygen atoms in total. The Balaban J connectivity index is 1.85. The third-order valence-corrected chi connectivity index (χ3v) is 6.66. The summed E-state index contributed by atoms with van der Waals surface area (Å²) in [7, 11) is -3.63. The molecule has 5 heteroatoms. The molecule has 0 aliphatic heterocycles. The zero-order valence-electron chi connectivity index (χ0n) is 13.6. The smallest absolute Gasteiger partial charge is 0.206 e. The maximum atomic E-state index is 13.1. The van der Waals surface area contributed by atoms with Crippen LogP contribution >= 0.6 is 15.9 Å². The van der Waals surface area contributed by atoms with Crippen LogP contribution in [0.2, 0.25) is 0 Å². The van der Waals surface area contributed by atoms with Gasteiger partial charge in [0.05, 0.1) is 15.5 Å². The number of benzene rings is 3. The van der Waals surface area contributed by atoms with Crippen LogP contribution in [0.1, 0.15) is 0 Å². The molecule has 0 aliphatic carbocycles. The van der Waals surface area contributed by atoms with E-state index in [9.17, 15) is 8.42 Å². The molecule has 1 heterocycles. The zero-order chi connectivity index (χ0) is 18.1. The second-order valence-corrected chi connectivity index (χ2v) is 8.67. The number of nitrogens with zero attached hydrogens (tertiary/aromatic N) is 1. The predicted octanol–water partition coefficient (Wildman–Crippen LogP) is 5.50. The Morgan fingerprint density at radius 3 is 2.19 bits per heavy atom. The summed E-state index contributed by atoms with van der Waals surface area (Å²) in [6.07, 6.45) is 1.69. The van der Waals surface area contributed by atoms with Crippen molar-refractivity contribution >= 4 is 36.5 Å². The van der Waals surface area contributed by atoms with Crippen LogP contribution in [-0.4, -0.2) is 13.4 Å². The second-order valence-electron chi connectivity index (χ2n) is 5.87. The van der Waals surface area contributed by atoms with E-state index in [4.69, 9.17) is 0 Å². The largest absolute Gasteiger partial charge is 0.256 e. The van der Waals surface area contributed by atoms with E-state index in [2.05, 4.69) is 20.9 Å². The Hall–Kier alpha value is -2.50. The maximum Gasteiger partial charge on any atom is 0.206 e. The lowest BCUT2D eigenvalue weighted by atomic mass is 10.1. The van der Waals surface area contributed by atoms with E-state index < -0.39 is 9.84 Å². The summed E-state index contributed by atoms with van der Waals surface area (Å²) in [5.41, 5.74) is 1.46. The van der Waals surface area contributed by atoms with E-state index in [1.165, 1.54) is 0 Å². The Bertz CT molecular complexity index is 1210. The first kappa shape index (κ1) is 16.9. The third-order valence-electron chi connectivity index (χ3n) is 4.22. The molecule has 0 aliphatic rings. The van der Waals surface area contributed by atoms with Gasteiger partial charge in [0.1, 0.15) is 0 Å². The minimum absolute atomic E-state index is 0.247. The fourth-order valence-corrected chi connectivity index (χ4v) is 4.63. The maximum absolute atomic E-state index is 13.1. The van der Waals surface area contributed by atoms with Crippen molar-refractivity contribution in [1.82, 2.24) is 4.98 Å². The Labute approximate surface area is 160 Å². The van der Waals surface area contributed by atoms with Gasteiger partial charge in [-0.25, -0.2) is 8.42 Å². The topological polar surface area (TPSA) is 47.0 Å². The average Bonchev–Trinajstić information content (AvgIpc) is 2.68. The lowest BCUT2D eigenvalue weighted by Crippen LogP contribution is -2.02. The van der Waals surface area contributed by atoms with Crippen molar-refractivity contribution in [2.45, 2.75) is 9.79 Å². The average molecular weight is 424 g/mol. The van der Waals surface area contributed by atoms with E-state index in [-0.39, 0.29) is 9.79 Å². The van der Waals surface area contributed by atoms with Crippen molar-refractivity contribution in [3.63, 3.8) is 0 Å². The number of hydrogen-bond acceptors (Lipinski definition) is 3. The number of aromatic nitrogens is 1. The molecule has 0 bridgehead atoms. The van der Waals surface area contributed by atoms with Crippen molar-refractivity contribution in [3.8, 4) is 11.3 Å². The first-order valence-electron chi connectivity index (χ1n) is 8.00. The molecule has 0 fully saturated rings. The molecular weight excluding hydrogens is 410 g/mol. The number of halogens is 1. The fraction of sp³-hybridized carbons (Fsp3) is 0. The van der Waals surface area contributed by atoms with Crippen LogP contribution in [0.5, 0.6) is 0 Å². The van der Waals surface area contributed by atoms with Gasteiger partial charge < -0.3 is 0 Å². The van der Waals surface area contributed by atoms with E-state index in [1.807, 2.05) is 48.5 Å². The van der Waals surface area contributed by atoms with Crippen LogP contribution in [0.25, 0.3) is 22.0 Å². The highest BCUT2D eigenvalue weighted by Crippen LogP contribution is 2.32. The Kier molecular flexibility index (Phi) is 4.34. The molecular formula is C21H14BrNO2S. The quantitative estimate of drug-likeness (QED) is 0.437. The van der Waals surface area contributed by atoms with Crippen LogP contribution in [0.15, 0.2) is 99.3 Å².